The Morgan fingerprint density at radius 1 is 0.452 bits per heavy atom. The van der Waals surface area contributed by atoms with E-state index in [1.54, 1.807) is 0 Å². The van der Waals surface area contributed by atoms with E-state index in [0.717, 1.165) is 0 Å². The summed E-state index contributed by atoms with van der Waals surface area (Å²) in [5.41, 5.74) is -1.17. The fourth-order valence-electron chi connectivity index (χ4n) is 3.05. The average Bonchev–Trinajstić information content (AvgIpc) is 2.81. The van der Waals surface area contributed by atoms with E-state index in [1.165, 1.54) is 0 Å². The second-order valence-electron chi connectivity index (χ2n) is 7.04. The zero-order valence-corrected chi connectivity index (χ0v) is 19.3. The summed E-state index contributed by atoms with van der Waals surface area (Å²) >= 11 is 0. The summed E-state index contributed by atoms with van der Waals surface area (Å²) < 4.78 is 25.4. The molecule has 0 atom stereocenters. The Morgan fingerprint density at radius 2 is 0.742 bits per heavy atom. The van der Waals surface area contributed by atoms with Gasteiger partial charge in [-0.15, -0.1) is 0 Å². The largest absolute Gasteiger partial charge is 0.450 e. The van der Waals surface area contributed by atoms with Gasteiger partial charge in [-0.05, 0) is 48.5 Å². The number of rotatable bonds is 9. The number of hydrogen-bond acceptors (Lipinski definition) is 4. The Balaban J connectivity index is 1.71. The minimum atomic E-state index is -1.17. The topological polar surface area (TPSA) is 36.9 Å². The Hall–Kier alpha value is -3.70. The van der Waals surface area contributed by atoms with E-state index in [4.69, 9.17) is 18.9 Å². The standard InChI is InChI=1S/C26H24O4Si/c31-26(29-23-17-9-3-10-18-23,30-24-19-11-4-12-20-24)25(27-21-13-5-1-6-14-21)28-22-15-7-2-8-16-22/h1-20,25H,31H3. The maximum Gasteiger partial charge on any atom is 0.312 e. The Labute approximate surface area is 185 Å². The van der Waals surface area contributed by atoms with Gasteiger partial charge >= 0.3 is 6.29 Å². The van der Waals surface area contributed by atoms with Crippen molar-refractivity contribution in [2.24, 2.45) is 0 Å². The van der Waals surface area contributed by atoms with Crippen LogP contribution in [0.1, 0.15) is 0 Å². The summed E-state index contributed by atoms with van der Waals surface area (Å²) in [6.45, 7) is 0. The number of para-hydroxylation sites is 4. The van der Waals surface area contributed by atoms with Gasteiger partial charge in [0, 0.05) is 0 Å². The molecule has 0 bridgehead atoms. The predicted octanol–water partition coefficient (Wildman–Crippen LogP) is 4.65. The van der Waals surface area contributed by atoms with Crippen molar-refractivity contribution in [1.29, 1.82) is 0 Å². The van der Waals surface area contributed by atoms with Crippen molar-refractivity contribution in [2.75, 3.05) is 0 Å². The van der Waals surface area contributed by atoms with E-state index in [2.05, 4.69) is 0 Å². The summed E-state index contributed by atoms with van der Waals surface area (Å²) in [5.74, 6) is 2.67. The van der Waals surface area contributed by atoms with Gasteiger partial charge in [0.25, 0.3) is 5.41 Å². The lowest BCUT2D eigenvalue weighted by atomic mass is 10.3. The molecule has 31 heavy (non-hydrogen) atoms. The van der Waals surface area contributed by atoms with Crippen LogP contribution in [0, 0.1) is 0 Å². The molecule has 0 spiro atoms. The lowest BCUT2D eigenvalue weighted by molar-refractivity contribution is -0.185. The Morgan fingerprint density at radius 3 is 1.06 bits per heavy atom. The molecule has 4 aromatic rings. The van der Waals surface area contributed by atoms with Crippen molar-refractivity contribution in [2.45, 2.75) is 11.7 Å². The van der Waals surface area contributed by atoms with Gasteiger partial charge in [-0.3, -0.25) is 0 Å². The SMILES string of the molecule is [SiH3]C(Oc1ccccc1)(Oc1ccccc1)C(Oc1ccccc1)Oc1ccccc1. The van der Waals surface area contributed by atoms with Crippen LogP contribution in [0.5, 0.6) is 23.0 Å². The number of ether oxygens (including phenoxy) is 4. The monoisotopic (exact) mass is 428 g/mol. The van der Waals surface area contributed by atoms with Crippen LogP contribution in [0.2, 0.25) is 0 Å². The molecule has 0 saturated heterocycles. The molecular weight excluding hydrogens is 404 g/mol. The minimum Gasteiger partial charge on any atom is -0.450 e. The molecule has 0 amide bonds. The molecule has 4 aromatic carbocycles. The lowest BCUT2D eigenvalue weighted by Crippen LogP contribution is -2.58. The molecule has 0 N–H and O–H groups in total. The predicted molar refractivity (Wildman–Crippen MR) is 125 cm³/mol. The average molecular weight is 429 g/mol. The van der Waals surface area contributed by atoms with Crippen LogP contribution in [0.25, 0.3) is 0 Å². The van der Waals surface area contributed by atoms with E-state index in [0.29, 0.717) is 33.2 Å². The first-order valence-electron chi connectivity index (χ1n) is 10.1. The maximum atomic E-state index is 6.40. The summed E-state index contributed by atoms with van der Waals surface area (Å²) in [7, 11) is 0.448. The Kier molecular flexibility index (Phi) is 6.55. The van der Waals surface area contributed by atoms with Crippen LogP contribution in [-0.4, -0.2) is 21.9 Å². The van der Waals surface area contributed by atoms with Gasteiger partial charge in [0.2, 0.25) is 0 Å². The van der Waals surface area contributed by atoms with Gasteiger partial charge < -0.3 is 18.9 Å². The van der Waals surface area contributed by atoms with E-state index in [1.807, 2.05) is 121 Å². The second kappa shape index (κ2) is 9.87. The third-order valence-corrected chi connectivity index (χ3v) is 5.41. The molecule has 0 heterocycles. The highest BCUT2D eigenvalue weighted by Gasteiger charge is 2.43. The minimum absolute atomic E-state index is 0.448. The summed E-state index contributed by atoms with van der Waals surface area (Å²) in [6.07, 6.45) is -0.857. The fourth-order valence-corrected chi connectivity index (χ4v) is 3.75. The Bertz CT molecular complexity index is 961. The van der Waals surface area contributed by atoms with Crippen molar-refractivity contribution in [3.05, 3.63) is 121 Å². The molecular formula is C26H24O4Si. The third-order valence-electron chi connectivity index (χ3n) is 4.53. The first-order chi connectivity index (χ1) is 15.2. The lowest BCUT2D eigenvalue weighted by Gasteiger charge is -2.37. The molecule has 0 aromatic heterocycles. The van der Waals surface area contributed by atoms with Crippen molar-refractivity contribution in [1.82, 2.24) is 0 Å². The van der Waals surface area contributed by atoms with Crippen LogP contribution in [-0.2, 0) is 0 Å². The summed E-state index contributed by atoms with van der Waals surface area (Å²) in [5, 5.41) is 0. The number of benzene rings is 4. The molecule has 4 nitrogen and oxygen atoms in total. The molecule has 0 aliphatic carbocycles. The van der Waals surface area contributed by atoms with Gasteiger partial charge in [0.15, 0.2) is 0 Å². The highest BCUT2D eigenvalue weighted by molar-refractivity contribution is 6.14. The van der Waals surface area contributed by atoms with Crippen LogP contribution in [0.3, 0.4) is 0 Å². The molecule has 5 heteroatoms. The van der Waals surface area contributed by atoms with E-state index >= 15 is 0 Å². The van der Waals surface area contributed by atoms with Crippen LogP contribution in [0.15, 0.2) is 121 Å². The molecule has 0 aliphatic heterocycles. The molecule has 0 fully saturated rings. The molecule has 0 saturated carbocycles. The van der Waals surface area contributed by atoms with E-state index < -0.39 is 11.7 Å². The van der Waals surface area contributed by atoms with Crippen molar-refractivity contribution >= 4 is 10.2 Å². The smallest absolute Gasteiger partial charge is 0.312 e. The van der Waals surface area contributed by atoms with Gasteiger partial charge in [0.05, 0.1) is 0 Å². The van der Waals surface area contributed by atoms with Gasteiger partial charge in [-0.2, -0.15) is 0 Å². The van der Waals surface area contributed by atoms with Crippen LogP contribution < -0.4 is 18.9 Å². The zero-order chi connectivity index (χ0) is 21.4. The van der Waals surface area contributed by atoms with Crippen molar-refractivity contribution in [3.63, 3.8) is 0 Å². The molecule has 0 radical (unpaired) electrons. The molecule has 0 aliphatic rings. The molecule has 156 valence electrons. The zero-order valence-electron chi connectivity index (χ0n) is 17.3. The highest BCUT2D eigenvalue weighted by Crippen LogP contribution is 2.28. The maximum absolute atomic E-state index is 6.40. The van der Waals surface area contributed by atoms with Crippen molar-refractivity contribution in [3.8, 4) is 23.0 Å². The first-order valence-corrected chi connectivity index (χ1v) is 11.1. The molecule has 0 unspecified atom stereocenters. The summed E-state index contributed by atoms with van der Waals surface area (Å²) in [4.78, 5) is 0. The number of hydrogen-bond donors (Lipinski definition) is 0. The van der Waals surface area contributed by atoms with E-state index in [-0.39, 0.29) is 0 Å². The second-order valence-corrected chi connectivity index (χ2v) is 8.43. The van der Waals surface area contributed by atoms with Crippen molar-refractivity contribution < 1.29 is 18.9 Å². The normalized spacial score (nSPS) is 11.1. The summed E-state index contributed by atoms with van der Waals surface area (Å²) in [6, 6.07) is 38.2. The van der Waals surface area contributed by atoms with Crippen LogP contribution in [0.4, 0.5) is 0 Å². The van der Waals surface area contributed by atoms with E-state index in [9.17, 15) is 0 Å². The third kappa shape index (κ3) is 5.68. The van der Waals surface area contributed by atoms with Gasteiger partial charge in [-0.1, -0.05) is 72.8 Å². The first kappa shape index (κ1) is 20.6. The fraction of sp³-hybridized carbons (Fsp3) is 0.0769. The van der Waals surface area contributed by atoms with Gasteiger partial charge in [0.1, 0.15) is 33.2 Å². The molecule has 4 rings (SSSR count). The quantitative estimate of drug-likeness (QED) is 0.287. The highest BCUT2D eigenvalue weighted by atomic mass is 28.1. The van der Waals surface area contributed by atoms with Crippen LogP contribution >= 0.6 is 0 Å². The van der Waals surface area contributed by atoms with Gasteiger partial charge in [-0.25, -0.2) is 0 Å².